The van der Waals surface area contributed by atoms with Gasteiger partial charge in [0.25, 0.3) is 0 Å². The summed E-state index contributed by atoms with van der Waals surface area (Å²) in [6, 6.07) is 0. The van der Waals surface area contributed by atoms with E-state index in [1.165, 1.54) is 25.8 Å². The summed E-state index contributed by atoms with van der Waals surface area (Å²) < 4.78 is 0. The zero-order valence-electron chi connectivity index (χ0n) is 12.5. The summed E-state index contributed by atoms with van der Waals surface area (Å²) in [6.07, 6.45) is 3.89. The first-order valence-corrected chi connectivity index (χ1v) is 7.44. The Morgan fingerprint density at radius 2 is 1.82 bits per heavy atom. The molecule has 1 saturated carbocycles. The molecule has 0 aromatic rings. The van der Waals surface area contributed by atoms with E-state index in [-0.39, 0.29) is 0 Å². The minimum absolute atomic E-state index is 0.327. The van der Waals surface area contributed by atoms with Gasteiger partial charge in [0.1, 0.15) is 0 Å². The molecule has 2 N–H and O–H groups in total. The summed E-state index contributed by atoms with van der Waals surface area (Å²) in [5, 5.41) is 0. The minimum Gasteiger partial charge on any atom is -0.329 e. The molecule has 2 heteroatoms. The molecule has 102 valence electrons. The van der Waals surface area contributed by atoms with Crippen molar-refractivity contribution in [2.45, 2.75) is 59.4 Å². The second-order valence-electron chi connectivity index (χ2n) is 6.39. The van der Waals surface area contributed by atoms with E-state index >= 15 is 0 Å². The third-order valence-corrected chi connectivity index (χ3v) is 4.89. The van der Waals surface area contributed by atoms with Gasteiger partial charge in [-0.1, -0.05) is 41.0 Å². The summed E-state index contributed by atoms with van der Waals surface area (Å²) >= 11 is 0. The number of hydrogen-bond donors (Lipinski definition) is 1. The van der Waals surface area contributed by atoms with E-state index in [4.69, 9.17) is 5.73 Å². The second-order valence-corrected chi connectivity index (χ2v) is 6.39. The van der Waals surface area contributed by atoms with Gasteiger partial charge >= 0.3 is 0 Å². The Morgan fingerprint density at radius 3 is 2.18 bits per heavy atom. The molecule has 1 aliphatic rings. The van der Waals surface area contributed by atoms with Crippen LogP contribution in [0.5, 0.6) is 0 Å². The van der Waals surface area contributed by atoms with Crippen LogP contribution in [-0.4, -0.2) is 30.1 Å². The molecule has 1 fully saturated rings. The molecule has 0 saturated heterocycles. The van der Waals surface area contributed by atoms with E-state index in [0.717, 1.165) is 30.8 Å². The van der Waals surface area contributed by atoms with Crippen LogP contribution in [0.1, 0.15) is 53.9 Å². The monoisotopic (exact) mass is 240 g/mol. The second kappa shape index (κ2) is 6.19. The van der Waals surface area contributed by atoms with Gasteiger partial charge in [0.05, 0.1) is 0 Å². The molecule has 0 aliphatic heterocycles. The maximum atomic E-state index is 6.08. The fourth-order valence-corrected chi connectivity index (χ4v) is 3.11. The maximum Gasteiger partial charge on any atom is 0.0337 e. The fraction of sp³-hybridized carbons (Fsp3) is 1.00. The van der Waals surface area contributed by atoms with Crippen LogP contribution in [0.15, 0.2) is 0 Å². The Kier molecular flexibility index (Phi) is 5.46. The average Bonchev–Trinajstić information content (AvgIpc) is 2.25. The van der Waals surface area contributed by atoms with Crippen molar-refractivity contribution >= 4 is 0 Å². The van der Waals surface area contributed by atoms with Crippen LogP contribution < -0.4 is 5.73 Å². The first kappa shape index (κ1) is 15.0. The van der Waals surface area contributed by atoms with Gasteiger partial charge in [0.2, 0.25) is 0 Å². The molecule has 0 radical (unpaired) electrons. The van der Waals surface area contributed by atoms with Crippen molar-refractivity contribution in [2.24, 2.45) is 23.5 Å². The summed E-state index contributed by atoms with van der Waals surface area (Å²) in [7, 11) is 0. The third kappa shape index (κ3) is 3.23. The quantitative estimate of drug-likeness (QED) is 0.741. The number of likely N-dealkylation sites (N-methyl/N-ethyl adjacent to an activating group) is 1. The molecular weight excluding hydrogens is 208 g/mol. The Balaban J connectivity index is 2.60. The summed E-state index contributed by atoms with van der Waals surface area (Å²) in [6.45, 7) is 14.8. The Bertz CT molecular complexity index is 219. The first-order valence-electron chi connectivity index (χ1n) is 7.44. The van der Waals surface area contributed by atoms with E-state index in [0.29, 0.717) is 5.54 Å². The van der Waals surface area contributed by atoms with Crippen molar-refractivity contribution in [3.05, 3.63) is 0 Å². The molecule has 0 heterocycles. The van der Waals surface area contributed by atoms with Crippen LogP contribution in [0.4, 0.5) is 0 Å². The molecule has 1 rings (SSSR count). The van der Waals surface area contributed by atoms with Crippen LogP contribution in [0.25, 0.3) is 0 Å². The SMILES string of the molecule is CCC(C)CN(CC)C1(CN)CC(C(C)C)C1. The molecule has 0 amide bonds. The van der Waals surface area contributed by atoms with Crippen molar-refractivity contribution in [1.29, 1.82) is 0 Å². The number of hydrogen-bond acceptors (Lipinski definition) is 2. The summed E-state index contributed by atoms with van der Waals surface area (Å²) in [5.74, 6) is 2.50. The minimum atomic E-state index is 0.327. The lowest BCUT2D eigenvalue weighted by Crippen LogP contribution is -2.63. The molecule has 1 aliphatic carbocycles. The van der Waals surface area contributed by atoms with E-state index in [2.05, 4.69) is 39.5 Å². The molecule has 0 aromatic heterocycles. The topological polar surface area (TPSA) is 29.3 Å². The molecule has 0 spiro atoms. The molecule has 0 bridgehead atoms. The van der Waals surface area contributed by atoms with Crippen LogP contribution in [0, 0.1) is 17.8 Å². The summed E-state index contributed by atoms with van der Waals surface area (Å²) in [5.41, 5.74) is 6.41. The smallest absolute Gasteiger partial charge is 0.0337 e. The number of nitrogens with two attached hydrogens (primary N) is 1. The maximum absolute atomic E-state index is 6.08. The lowest BCUT2D eigenvalue weighted by molar-refractivity contribution is -0.0392. The highest BCUT2D eigenvalue weighted by Gasteiger charge is 2.47. The molecule has 2 nitrogen and oxygen atoms in total. The van der Waals surface area contributed by atoms with Gasteiger partial charge in [-0.15, -0.1) is 0 Å². The number of nitrogens with zero attached hydrogens (tertiary/aromatic N) is 1. The van der Waals surface area contributed by atoms with Gasteiger partial charge in [-0.25, -0.2) is 0 Å². The zero-order valence-corrected chi connectivity index (χ0v) is 12.5. The van der Waals surface area contributed by atoms with Gasteiger partial charge < -0.3 is 5.73 Å². The van der Waals surface area contributed by atoms with Gasteiger partial charge in [-0.2, -0.15) is 0 Å². The normalized spacial score (nSPS) is 30.7. The Morgan fingerprint density at radius 1 is 1.24 bits per heavy atom. The van der Waals surface area contributed by atoms with Crippen molar-refractivity contribution in [1.82, 2.24) is 4.90 Å². The van der Waals surface area contributed by atoms with Crippen LogP contribution in [0.3, 0.4) is 0 Å². The highest BCUT2D eigenvalue weighted by Crippen LogP contribution is 2.45. The Hall–Kier alpha value is -0.0800. The van der Waals surface area contributed by atoms with Gasteiger partial charge in [-0.3, -0.25) is 4.90 Å². The van der Waals surface area contributed by atoms with Crippen LogP contribution >= 0.6 is 0 Å². The van der Waals surface area contributed by atoms with Crippen LogP contribution in [0.2, 0.25) is 0 Å². The predicted molar refractivity (Wildman–Crippen MR) is 76.0 cm³/mol. The largest absolute Gasteiger partial charge is 0.329 e. The summed E-state index contributed by atoms with van der Waals surface area (Å²) in [4.78, 5) is 2.65. The lowest BCUT2D eigenvalue weighted by Gasteiger charge is -2.56. The van der Waals surface area contributed by atoms with Crippen LogP contribution in [-0.2, 0) is 0 Å². The highest BCUT2D eigenvalue weighted by molar-refractivity contribution is 5.04. The lowest BCUT2D eigenvalue weighted by atomic mass is 9.63. The Labute approximate surface area is 108 Å². The molecule has 1 atom stereocenters. The van der Waals surface area contributed by atoms with Crippen molar-refractivity contribution in [3.63, 3.8) is 0 Å². The number of rotatable bonds is 7. The van der Waals surface area contributed by atoms with E-state index in [9.17, 15) is 0 Å². The van der Waals surface area contributed by atoms with Crippen molar-refractivity contribution in [2.75, 3.05) is 19.6 Å². The highest BCUT2D eigenvalue weighted by atomic mass is 15.2. The van der Waals surface area contributed by atoms with E-state index < -0.39 is 0 Å². The molecular formula is C15H32N2. The van der Waals surface area contributed by atoms with Crippen molar-refractivity contribution < 1.29 is 0 Å². The zero-order chi connectivity index (χ0) is 13.1. The third-order valence-electron chi connectivity index (χ3n) is 4.89. The van der Waals surface area contributed by atoms with E-state index in [1.54, 1.807) is 0 Å². The standard InChI is InChI=1S/C15H32N2/c1-6-13(5)10-17(7-2)15(11-16)8-14(9-15)12(3)4/h12-14H,6-11,16H2,1-5H3. The predicted octanol–water partition coefficient (Wildman–Crippen LogP) is 3.12. The van der Waals surface area contributed by atoms with E-state index in [1.807, 2.05) is 0 Å². The molecule has 17 heavy (non-hydrogen) atoms. The molecule has 0 aromatic carbocycles. The van der Waals surface area contributed by atoms with Gasteiger partial charge in [0, 0.05) is 18.6 Å². The van der Waals surface area contributed by atoms with Crippen molar-refractivity contribution in [3.8, 4) is 0 Å². The fourth-order valence-electron chi connectivity index (χ4n) is 3.11. The average molecular weight is 240 g/mol. The van der Waals surface area contributed by atoms with Gasteiger partial charge in [0.15, 0.2) is 0 Å². The first-order chi connectivity index (χ1) is 7.99. The molecule has 1 unspecified atom stereocenters. The van der Waals surface area contributed by atoms with Gasteiger partial charge in [-0.05, 0) is 37.1 Å².